The van der Waals surface area contributed by atoms with Crippen LogP contribution in [0.1, 0.15) is 5.56 Å². The predicted octanol–water partition coefficient (Wildman–Crippen LogP) is 3.21. The average molecular weight is 208 g/mol. The van der Waals surface area contributed by atoms with Crippen LogP contribution >= 0.6 is 11.6 Å². The van der Waals surface area contributed by atoms with E-state index in [1.807, 2.05) is 19.1 Å². The van der Waals surface area contributed by atoms with Gasteiger partial charge in [0.05, 0.1) is 12.5 Å². The molecule has 0 radical (unpaired) electrons. The van der Waals surface area contributed by atoms with Crippen LogP contribution in [0.25, 0.3) is 10.8 Å². The van der Waals surface area contributed by atoms with E-state index < -0.39 is 0 Å². The van der Waals surface area contributed by atoms with Crippen LogP contribution in [0.2, 0.25) is 5.15 Å². The number of benzene rings is 1. The van der Waals surface area contributed by atoms with E-state index in [0.717, 1.165) is 22.1 Å². The van der Waals surface area contributed by atoms with Gasteiger partial charge in [-0.2, -0.15) is 0 Å². The van der Waals surface area contributed by atoms with Crippen molar-refractivity contribution >= 4 is 22.4 Å². The highest BCUT2D eigenvalue weighted by molar-refractivity contribution is 6.34. The van der Waals surface area contributed by atoms with Crippen LogP contribution < -0.4 is 4.74 Å². The molecular weight excluding hydrogens is 198 g/mol. The molecule has 14 heavy (non-hydrogen) atoms. The Morgan fingerprint density at radius 3 is 2.86 bits per heavy atom. The van der Waals surface area contributed by atoms with Gasteiger partial charge in [-0.25, -0.2) is 4.98 Å². The van der Waals surface area contributed by atoms with Gasteiger partial charge in [0.1, 0.15) is 10.9 Å². The number of hydrogen-bond acceptors (Lipinski definition) is 2. The van der Waals surface area contributed by atoms with Crippen molar-refractivity contribution in [3.63, 3.8) is 0 Å². The second-order valence-corrected chi connectivity index (χ2v) is 3.53. The van der Waals surface area contributed by atoms with Gasteiger partial charge in [0.25, 0.3) is 0 Å². The zero-order chi connectivity index (χ0) is 10.1. The highest BCUT2D eigenvalue weighted by Gasteiger charge is 2.06. The maximum absolute atomic E-state index is 6.00. The van der Waals surface area contributed by atoms with Gasteiger partial charge in [0, 0.05) is 6.20 Å². The number of aryl methyl sites for hydroxylation is 1. The molecule has 2 nitrogen and oxygen atoms in total. The molecule has 0 aliphatic rings. The fraction of sp³-hybridized carbons (Fsp3) is 0.182. The van der Waals surface area contributed by atoms with E-state index >= 15 is 0 Å². The number of rotatable bonds is 1. The number of aromatic nitrogens is 1. The Balaban J connectivity index is 2.88. The summed E-state index contributed by atoms with van der Waals surface area (Å²) in [6.45, 7) is 2.02. The minimum absolute atomic E-state index is 0.486. The monoisotopic (exact) mass is 207 g/mol. The molecule has 2 aromatic rings. The first-order chi connectivity index (χ1) is 6.72. The van der Waals surface area contributed by atoms with Crippen molar-refractivity contribution in [3.05, 3.63) is 35.1 Å². The van der Waals surface area contributed by atoms with Crippen LogP contribution in [0.4, 0.5) is 0 Å². The van der Waals surface area contributed by atoms with Crippen LogP contribution in [0.5, 0.6) is 5.75 Å². The Labute approximate surface area is 87.5 Å². The van der Waals surface area contributed by atoms with Crippen molar-refractivity contribution in [2.75, 3.05) is 7.11 Å². The summed E-state index contributed by atoms with van der Waals surface area (Å²) in [7, 11) is 1.64. The Kier molecular flexibility index (Phi) is 2.30. The molecule has 0 saturated heterocycles. The second kappa shape index (κ2) is 3.46. The van der Waals surface area contributed by atoms with E-state index in [2.05, 4.69) is 11.1 Å². The normalized spacial score (nSPS) is 10.5. The summed E-state index contributed by atoms with van der Waals surface area (Å²) in [5.74, 6) is 0.776. The third kappa shape index (κ3) is 1.42. The van der Waals surface area contributed by atoms with Crippen LogP contribution in [-0.4, -0.2) is 12.1 Å². The summed E-state index contributed by atoms with van der Waals surface area (Å²) in [5.41, 5.74) is 1.15. The molecule has 72 valence electrons. The van der Waals surface area contributed by atoms with Gasteiger partial charge in [0.2, 0.25) is 0 Å². The minimum Gasteiger partial charge on any atom is -0.496 e. The molecule has 2 rings (SSSR count). The van der Waals surface area contributed by atoms with Crippen molar-refractivity contribution in [1.82, 2.24) is 4.98 Å². The molecule has 0 bridgehead atoms. The van der Waals surface area contributed by atoms with Crippen molar-refractivity contribution < 1.29 is 4.74 Å². The highest BCUT2D eigenvalue weighted by Crippen LogP contribution is 2.31. The molecule has 0 atom stereocenters. The third-order valence-electron chi connectivity index (χ3n) is 2.15. The molecule has 0 amide bonds. The van der Waals surface area contributed by atoms with Crippen molar-refractivity contribution in [1.29, 1.82) is 0 Å². The average Bonchev–Trinajstić information content (AvgIpc) is 2.16. The first-order valence-corrected chi connectivity index (χ1v) is 4.69. The van der Waals surface area contributed by atoms with Crippen molar-refractivity contribution in [3.8, 4) is 5.75 Å². The molecule has 1 aromatic heterocycles. The largest absolute Gasteiger partial charge is 0.496 e. The van der Waals surface area contributed by atoms with Gasteiger partial charge >= 0.3 is 0 Å². The molecule has 0 saturated carbocycles. The number of fused-ring (bicyclic) bond motifs is 1. The Morgan fingerprint density at radius 2 is 2.14 bits per heavy atom. The number of pyridine rings is 1. The van der Waals surface area contributed by atoms with Crippen molar-refractivity contribution in [2.45, 2.75) is 6.92 Å². The van der Waals surface area contributed by atoms with Gasteiger partial charge in [-0.1, -0.05) is 17.7 Å². The van der Waals surface area contributed by atoms with Crippen molar-refractivity contribution in [2.24, 2.45) is 0 Å². The zero-order valence-corrected chi connectivity index (χ0v) is 8.80. The Bertz CT molecular complexity index is 482. The lowest BCUT2D eigenvalue weighted by Crippen LogP contribution is -1.88. The van der Waals surface area contributed by atoms with Gasteiger partial charge in [-0.15, -0.1) is 0 Å². The van der Waals surface area contributed by atoms with E-state index in [4.69, 9.17) is 16.3 Å². The summed E-state index contributed by atoms with van der Waals surface area (Å²) in [6, 6.07) is 5.94. The van der Waals surface area contributed by atoms with E-state index in [1.54, 1.807) is 13.3 Å². The summed E-state index contributed by atoms with van der Waals surface area (Å²) in [4.78, 5) is 4.03. The Hall–Kier alpha value is -1.28. The SMILES string of the molecule is COc1cc(C)cc2ccnc(Cl)c12. The van der Waals surface area contributed by atoms with Crippen LogP contribution in [0, 0.1) is 6.92 Å². The lowest BCUT2D eigenvalue weighted by molar-refractivity contribution is 0.419. The van der Waals surface area contributed by atoms with Crippen LogP contribution in [-0.2, 0) is 0 Å². The smallest absolute Gasteiger partial charge is 0.140 e. The maximum Gasteiger partial charge on any atom is 0.140 e. The highest BCUT2D eigenvalue weighted by atomic mass is 35.5. The number of hydrogen-bond donors (Lipinski definition) is 0. The third-order valence-corrected chi connectivity index (χ3v) is 2.43. The van der Waals surface area contributed by atoms with Crippen LogP contribution in [0.15, 0.2) is 24.4 Å². The predicted molar refractivity (Wildman–Crippen MR) is 58.0 cm³/mol. The topological polar surface area (TPSA) is 22.1 Å². The first kappa shape index (κ1) is 9.28. The summed E-state index contributed by atoms with van der Waals surface area (Å²) < 4.78 is 5.26. The molecule has 0 spiro atoms. The number of halogens is 1. The number of nitrogens with zero attached hydrogens (tertiary/aromatic N) is 1. The van der Waals surface area contributed by atoms with E-state index in [-0.39, 0.29) is 0 Å². The Morgan fingerprint density at radius 1 is 1.36 bits per heavy atom. The molecular formula is C11H10ClNO. The van der Waals surface area contributed by atoms with Gasteiger partial charge in [-0.05, 0) is 30.0 Å². The first-order valence-electron chi connectivity index (χ1n) is 4.31. The van der Waals surface area contributed by atoms with Crippen LogP contribution in [0.3, 0.4) is 0 Å². The maximum atomic E-state index is 6.00. The van der Waals surface area contributed by atoms with Gasteiger partial charge in [-0.3, -0.25) is 0 Å². The van der Waals surface area contributed by atoms with Gasteiger partial charge < -0.3 is 4.74 Å². The lowest BCUT2D eigenvalue weighted by atomic mass is 10.1. The summed E-state index contributed by atoms with van der Waals surface area (Å²) >= 11 is 6.00. The fourth-order valence-electron chi connectivity index (χ4n) is 1.54. The second-order valence-electron chi connectivity index (χ2n) is 3.17. The lowest BCUT2D eigenvalue weighted by Gasteiger charge is -2.07. The standard InChI is InChI=1S/C11H10ClNO/c1-7-5-8-3-4-13-11(12)10(8)9(6-7)14-2/h3-6H,1-2H3. The summed E-state index contributed by atoms with van der Waals surface area (Å²) in [6.07, 6.45) is 1.70. The number of ether oxygens (including phenoxy) is 1. The fourth-order valence-corrected chi connectivity index (χ4v) is 1.80. The molecule has 1 heterocycles. The minimum atomic E-state index is 0.486. The molecule has 0 unspecified atom stereocenters. The molecule has 0 N–H and O–H groups in total. The molecule has 1 aromatic carbocycles. The van der Waals surface area contributed by atoms with E-state index in [0.29, 0.717) is 5.15 Å². The summed E-state index contributed by atoms with van der Waals surface area (Å²) in [5, 5.41) is 2.42. The van der Waals surface area contributed by atoms with E-state index in [9.17, 15) is 0 Å². The molecule has 0 aliphatic heterocycles. The van der Waals surface area contributed by atoms with Gasteiger partial charge in [0.15, 0.2) is 0 Å². The quantitative estimate of drug-likeness (QED) is 0.670. The molecule has 3 heteroatoms. The molecule has 0 aliphatic carbocycles. The van der Waals surface area contributed by atoms with E-state index in [1.165, 1.54) is 0 Å². The number of methoxy groups -OCH3 is 1. The zero-order valence-electron chi connectivity index (χ0n) is 8.04. The molecule has 0 fully saturated rings.